The van der Waals surface area contributed by atoms with Gasteiger partial charge in [-0.1, -0.05) is 0 Å². The molecule has 162 valence electrons. The van der Waals surface area contributed by atoms with Crippen LogP contribution < -0.4 is 0 Å². The van der Waals surface area contributed by atoms with Gasteiger partial charge in [0.05, 0.1) is 0 Å². The van der Waals surface area contributed by atoms with E-state index < -0.39 is 17.0 Å². The van der Waals surface area contributed by atoms with Crippen LogP contribution in [-0.2, 0) is 13.3 Å². The van der Waals surface area contributed by atoms with Crippen molar-refractivity contribution in [3.63, 3.8) is 0 Å². The fourth-order valence-corrected chi connectivity index (χ4v) is 25.8. The van der Waals surface area contributed by atoms with Crippen LogP contribution in [0.3, 0.4) is 0 Å². The first-order valence-corrected chi connectivity index (χ1v) is 21.8. The van der Waals surface area contributed by atoms with Gasteiger partial charge in [0.15, 0.2) is 0 Å². The number of aromatic nitrogens is 1. The second-order valence-electron chi connectivity index (χ2n) is 8.60. The molecule has 1 nitrogen and oxygen atoms in total. The van der Waals surface area contributed by atoms with Gasteiger partial charge in [-0.3, -0.25) is 0 Å². The normalized spacial score (nSPS) is 11.5. The van der Waals surface area contributed by atoms with Crippen LogP contribution in [0, 0.1) is 0 Å². The molecule has 0 aliphatic heterocycles. The molecule has 0 fully saturated rings. The molecular formula is C30H27NSSn. The van der Waals surface area contributed by atoms with E-state index in [1.165, 1.54) is 40.3 Å². The first kappa shape index (κ1) is 22.2. The number of para-hydroxylation sites is 1. The molecule has 0 aliphatic carbocycles. The summed E-state index contributed by atoms with van der Waals surface area (Å²) in [5.74, 6) is 0. The van der Waals surface area contributed by atoms with E-state index in [1.54, 1.807) is 0 Å². The molecule has 0 bridgehead atoms. The minimum atomic E-state index is -2.99. The van der Waals surface area contributed by atoms with Crippen molar-refractivity contribution in [3.05, 3.63) is 144 Å². The predicted molar refractivity (Wildman–Crippen MR) is 144 cm³/mol. The minimum absolute atomic E-state index is 1.14. The molecule has 0 saturated carbocycles. The number of hydrogen-bond acceptors (Lipinski definition) is 2. The Hall–Kier alpha value is -2.56. The Kier molecular flexibility index (Phi) is 7.13. The van der Waals surface area contributed by atoms with Crippen molar-refractivity contribution in [3.8, 4) is 0 Å². The van der Waals surface area contributed by atoms with E-state index >= 15 is 0 Å². The Labute approximate surface area is 203 Å². The molecule has 5 rings (SSSR count). The van der Waals surface area contributed by atoms with Gasteiger partial charge in [-0.15, -0.1) is 0 Å². The molecule has 0 aliphatic rings. The molecule has 3 heteroatoms. The standard InChI is InChI=1S/C9H7NS.3C7H7.Sn/c11-8-5-1-3-7-4-2-6-10-9(7)8;3*1-7-5-3-2-4-6-7;/h1-6,11H;3*2-6H,1H2;/q;;;;+1/p-1. The molecular weight excluding hydrogens is 525 g/mol. The zero-order valence-electron chi connectivity index (χ0n) is 18.6. The Morgan fingerprint density at radius 3 is 1.52 bits per heavy atom. The van der Waals surface area contributed by atoms with E-state index in [1.807, 2.05) is 12.3 Å². The van der Waals surface area contributed by atoms with Crippen LogP contribution in [0.25, 0.3) is 10.9 Å². The summed E-state index contributed by atoms with van der Waals surface area (Å²) in [6.45, 7) is 0. The summed E-state index contributed by atoms with van der Waals surface area (Å²) < 4.78 is 3.56. The maximum atomic E-state index is 4.80. The number of rotatable bonds is 8. The molecule has 0 saturated heterocycles. The molecule has 0 unspecified atom stereocenters. The van der Waals surface area contributed by atoms with Crippen molar-refractivity contribution in [2.45, 2.75) is 18.2 Å². The van der Waals surface area contributed by atoms with Crippen LogP contribution in [-0.4, -0.2) is 22.0 Å². The average Bonchev–Trinajstić information content (AvgIpc) is 2.86. The van der Waals surface area contributed by atoms with Crippen molar-refractivity contribution < 1.29 is 0 Å². The third kappa shape index (κ3) is 5.69. The molecule has 0 spiro atoms. The van der Waals surface area contributed by atoms with Crippen molar-refractivity contribution in [2.24, 2.45) is 0 Å². The van der Waals surface area contributed by atoms with E-state index in [4.69, 9.17) is 4.98 Å². The van der Waals surface area contributed by atoms with E-state index in [0.29, 0.717) is 0 Å². The average molecular weight is 552 g/mol. The van der Waals surface area contributed by atoms with Gasteiger partial charge in [0, 0.05) is 0 Å². The quantitative estimate of drug-likeness (QED) is 0.184. The van der Waals surface area contributed by atoms with Crippen LogP contribution in [0.4, 0.5) is 0 Å². The zero-order valence-corrected chi connectivity index (χ0v) is 22.3. The van der Waals surface area contributed by atoms with E-state index in [2.05, 4.69) is 124 Å². The Bertz CT molecular complexity index is 1200. The van der Waals surface area contributed by atoms with Crippen molar-refractivity contribution >= 4 is 36.8 Å². The summed E-state index contributed by atoms with van der Waals surface area (Å²) >= 11 is -2.99. The molecule has 0 radical (unpaired) electrons. The van der Waals surface area contributed by atoms with Crippen molar-refractivity contribution in [1.29, 1.82) is 0 Å². The Balaban J connectivity index is 1.63. The molecule has 4 aromatic carbocycles. The van der Waals surface area contributed by atoms with Crippen LogP contribution in [0.2, 0.25) is 0 Å². The van der Waals surface area contributed by atoms with Crippen LogP contribution >= 0.6 is 8.95 Å². The van der Waals surface area contributed by atoms with Crippen LogP contribution in [0.15, 0.2) is 132 Å². The summed E-state index contributed by atoms with van der Waals surface area (Å²) in [7, 11) is 2.20. The number of hydrogen-bond donors (Lipinski definition) is 0. The molecule has 1 aromatic heterocycles. The Morgan fingerprint density at radius 1 is 0.515 bits per heavy atom. The number of pyridine rings is 1. The SMILES string of the molecule is c1ccc([CH2][Sn]([CH2]c2ccccc2)([CH2]c2ccccc2)[S]c2cccc3cccnc23)cc1. The molecule has 33 heavy (non-hydrogen) atoms. The monoisotopic (exact) mass is 553 g/mol. The zero-order chi connectivity index (χ0) is 22.3. The molecule has 0 N–H and O–H groups in total. The second-order valence-corrected chi connectivity index (χ2v) is 26.6. The Morgan fingerprint density at radius 2 is 1.00 bits per heavy atom. The first-order chi connectivity index (χ1) is 16.3. The van der Waals surface area contributed by atoms with Gasteiger partial charge < -0.3 is 0 Å². The number of fused-ring (bicyclic) bond motifs is 1. The maximum absolute atomic E-state index is 4.80. The summed E-state index contributed by atoms with van der Waals surface area (Å²) in [5.41, 5.74) is 5.52. The summed E-state index contributed by atoms with van der Waals surface area (Å²) in [4.78, 5) is 6.14. The van der Waals surface area contributed by atoms with E-state index in [9.17, 15) is 0 Å². The summed E-state index contributed by atoms with van der Waals surface area (Å²) in [6.07, 6.45) is 1.93. The fourth-order valence-electron chi connectivity index (χ4n) is 4.59. The van der Waals surface area contributed by atoms with Gasteiger partial charge in [0.1, 0.15) is 0 Å². The topological polar surface area (TPSA) is 12.9 Å². The van der Waals surface area contributed by atoms with Gasteiger partial charge in [-0.05, 0) is 0 Å². The third-order valence-corrected chi connectivity index (χ3v) is 24.5. The molecule has 0 amide bonds. The molecule has 1 heterocycles. The molecule has 0 atom stereocenters. The van der Waals surface area contributed by atoms with E-state index in [0.717, 1.165) is 5.52 Å². The van der Waals surface area contributed by atoms with Gasteiger partial charge in [-0.25, -0.2) is 0 Å². The first-order valence-electron chi connectivity index (χ1n) is 11.4. The van der Waals surface area contributed by atoms with Gasteiger partial charge in [0.25, 0.3) is 0 Å². The van der Waals surface area contributed by atoms with E-state index in [-0.39, 0.29) is 0 Å². The van der Waals surface area contributed by atoms with Gasteiger partial charge >= 0.3 is 204 Å². The van der Waals surface area contributed by atoms with Crippen LogP contribution in [0.5, 0.6) is 0 Å². The van der Waals surface area contributed by atoms with Crippen molar-refractivity contribution in [1.82, 2.24) is 4.98 Å². The number of nitrogens with zero attached hydrogens (tertiary/aromatic N) is 1. The van der Waals surface area contributed by atoms with Crippen LogP contribution in [0.1, 0.15) is 16.7 Å². The third-order valence-electron chi connectivity index (χ3n) is 6.03. The number of benzene rings is 4. The molecule has 5 aromatic rings. The second kappa shape index (κ2) is 10.6. The van der Waals surface area contributed by atoms with Gasteiger partial charge in [0.2, 0.25) is 0 Å². The summed E-state index contributed by atoms with van der Waals surface area (Å²) in [5, 5.41) is 1.22. The predicted octanol–water partition coefficient (Wildman–Crippen LogP) is 7.62. The fraction of sp³-hybridized carbons (Fsp3) is 0.100. The summed E-state index contributed by atoms with van der Waals surface area (Å²) in [6, 6.07) is 44.2. The van der Waals surface area contributed by atoms with Gasteiger partial charge in [-0.2, -0.15) is 0 Å². The van der Waals surface area contributed by atoms with Crippen molar-refractivity contribution in [2.75, 3.05) is 0 Å².